The van der Waals surface area contributed by atoms with Crippen molar-refractivity contribution in [2.24, 2.45) is 5.92 Å². The van der Waals surface area contributed by atoms with Crippen LogP contribution in [0.2, 0.25) is 0 Å². The van der Waals surface area contributed by atoms with E-state index in [1.54, 1.807) is 0 Å². The summed E-state index contributed by atoms with van der Waals surface area (Å²) in [7, 11) is 0. The highest BCUT2D eigenvalue weighted by molar-refractivity contribution is 4.82. The van der Waals surface area contributed by atoms with Gasteiger partial charge in [-0.25, -0.2) is 0 Å². The van der Waals surface area contributed by atoms with Crippen LogP contribution in [0.3, 0.4) is 0 Å². The maximum Gasteiger partial charge on any atom is 0.0480 e. The van der Waals surface area contributed by atoms with Crippen molar-refractivity contribution >= 4 is 0 Å². The number of likely N-dealkylation sites (tertiary alicyclic amines) is 1. The van der Waals surface area contributed by atoms with Crippen LogP contribution in [-0.4, -0.2) is 49.8 Å². The van der Waals surface area contributed by atoms with Crippen molar-refractivity contribution in [3.63, 3.8) is 0 Å². The number of hydrogen-bond acceptors (Lipinski definition) is 3. The van der Waals surface area contributed by atoms with Gasteiger partial charge in [-0.1, -0.05) is 13.8 Å². The Labute approximate surface area is 106 Å². The highest BCUT2D eigenvalue weighted by atomic mass is 16.5. The van der Waals surface area contributed by atoms with Gasteiger partial charge in [-0.05, 0) is 38.1 Å². The van der Waals surface area contributed by atoms with Gasteiger partial charge in [-0.15, -0.1) is 0 Å². The van der Waals surface area contributed by atoms with Gasteiger partial charge in [-0.2, -0.15) is 0 Å². The number of ether oxygens (including phenoxy) is 1. The number of hydrogen-bond donors (Lipinski definition) is 1. The Morgan fingerprint density at radius 2 is 2.00 bits per heavy atom. The van der Waals surface area contributed by atoms with Gasteiger partial charge < -0.3 is 10.1 Å². The van der Waals surface area contributed by atoms with Crippen molar-refractivity contribution in [2.75, 3.05) is 32.8 Å². The first-order valence-corrected chi connectivity index (χ1v) is 7.32. The Morgan fingerprint density at radius 3 is 2.71 bits per heavy atom. The first-order chi connectivity index (χ1) is 8.27. The standard InChI is InChI=1S/C14H28N2O/c1-12(2)14-4-3-8-16(14)9-7-15-13-5-10-17-11-6-13/h12-15H,3-11H2,1-2H3. The first-order valence-electron chi connectivity index (χ1n) is 7.32. The molecule has 0 amide bonds. The molecule has 0 bridgehead atoms. The van der Waals surface area contributed by atoms with Gasteiger partial charge in [0.1, 0.15) is 0 Å². The SMILES string of the molecule is CC(C)C1CCCN1CCNC1CCOCC1. The van der Waals surface area contributed by atoms with Gasteiger partial charge >= 0.3 is 0 Å². The molecule has 2 fully saturated rings. The molecule has 2 heterocycles. The predicted octanol–water partition coefficient (Wildman–Crippen LogP) is 1.88. The van der Waals surface area contributed by atoms with E-state index in [0.29, 0.717) is 6.04 Å². The second-order valence-electron chi connectivity index (χ2n) is 5.83. The topological polar surface area (TPSA) is 24.5 Å². The predicted molar refractivity (Wildman–Crippen MR) is 71.3 cm³/mol. The molecule has 17 heavy (non-hydrogen) atoms. The summed E-state index contributed by atoms with van der Waals surface area (Å²) in [5, 5.41) is 3.69. The number of rotatable bonds is 5. The zero-order chi connectivity index (χ0) is 12.1. The van der Waals surface area contributed by atoms with Gasteiger partial charge in [0.05, 0.1) is 0 Å². The monoisotopic (exact) mass is 240 g/mol. The van der Waals surface area contributed by atoms with Crippen LogP contribution in [0.25, 0.3) is 0 Å². The summed E-state index contributed by atoms with van der Waals surface area (Å²) in [4.78, 5) is 2.68. The molecule has 100 valence electrons. The molecular formula is C14H28N2O. The molecule has 0 aromatic carbocycles. The van der Waals surface area contributed by atoms with Crippen LogP contribution >= 0.6 is 0 Å². The van der Waals surface area contributed by atoms with Gasteiger partial charge in [0.2, 0.25) is 0 Å². The van der Waals surface area contributed by atoms with E-state index in [4.69, 9.17) is 4.74 Å². The van der Waals surface area contributed by atoms with E-state index in [2.05, 4.69) is 24.1 Å². The van der Waals surface area contributed by atoms with E-state index in [9.17, 15) is 0 Å². The Bertz CT molecular complexity index is 214. The average molecular weight is 240 g/mol. The maximum absolute atomic E-state index is 5.38. The number of nitrogens with zero attached hydrogens (tertiary/aromatic N) is 1. The van der Waals surface area contributed by atoms with Gasteiger partial charge in [0.25, 0.3) is 0 Å². The van der Waals surface area contributed by atoms with Crippen LogP contribution in [-0.2, 0) is 4.74 Å². The fraction of sp³-hybridized carbons (Fsp3) is 1.00. The molecule has 0 radical (unpaired) electrons. The third-order valence-electron chi connectivity index (χ3n) is 4.24. The summed E-state index contributed by atoms with van der Waals surface area (Å²) in [5.74, 6) is 0.806. The summed E-state index contributed by atoms with van der Waals surface area (Å²) in [6, 6.07) is 1.52. The van der Waals surface area contributed by atoms with Crippen molar-refractivity contribution in [3.05, 3.63) is 0 Å². The molecule has 0 aromatic heterocycles. The molecule has 2 rings (SSSR count). The second-order valence-corrected chi connectivity index (χ2v) is 5.83. The molecule has 1 atom stereocenters. The molecule has 3 heteroatoms. The summed E-state index contributed by atoms with van der Waals surface area (Å²) in [5.41, 5.74) is 0. The third-order valence-corrected chi connectivity index (χ3v) is 4.24. The smallest absolute Gasteiger partial charge is 0.0480 e. The molecule has 1 unspecified atom stereocenters. The Morgan fingerprint density at radius 1 is 1.24 bits per heavy atom. The van der Waals surface area contributed by atoms with Crippen LogP contribution in [0.5, 0.6) is 0 Å². The van der Waals surface area contributed by atoms with Crippen molar-refractivity contribution in [1.29, 1.82) is 0 Å². The summed E-state index contributed by atoms with van der Waals surface area (Å²) < 4.78 is 5.38. The first kappa shape index (κ1) is 13.3. The fourth-order valence-electron chi connectivity index (χ4n) is 3.20. The van der Waals surface area contributed by atoms with E-state index >= 15 is 0 Å². The molecular weight excluding hydrogens is 212 g/mol. The van der Waals surface area contributed by atoms with Crippen LogP contribution < -0.4 is 5.32 Å². The summed E-state index contributed by atoms with van der Waals surface area (Å²) in [6.07, 6.45) is 5.16. The van der Waals surface area contributed by atoms with Crippen LogP contribution in [0.1, 0.15) is 39.5 Å². The van der Waals surface area contributed by atoms with E-state index in [-0.39, 0.29) is 0 Å². The lowest BCUT2D eigenvalue weighted by atomic mass is 10.0. The van der Waals surface area contributed by atoms with Crippen LogP contribution in [0.15, 0.2) is 0 Å². The highest BCUT2D eigenvalue weighted by Crippen LogP contribution is 2.22. The lowest BCUT2D eigenvalue weighted by molar-refractivity contribution is 0.0767. The van der Waals surface area contributed by atoms with E-state index in [1.807, 2.05) is 0 Å². The molecule has 2 aliphatic heterocycles. The minimum absolute atomic E-state index is 0.698. The molecule has 0 saturated carbocycles. The lowest BCUT2D eigenvalue weighted by Gasteiger charge is -2.29. The Balaban J connectivity index is 1.63. The zero-order valence-corrected chi connectivity index (χ0v) is 11.5. The molecule has 2 aliphatic rings. The van der Waals surface area contributed by atoms with Crippen molar-refractivity contribution < 1.29 is 4.74 Å². The van der Waals surface area contributed by atoms with E-state index < -0.39 is 0 Å². The minimum Gasteiger partial charge on any atom is -0.381 e. The average Bonchev–Trinajstić information content (AvgIpc) is 2.79. The molecule has 2 saturated heterocycles. The van der Waals surface area contributed by atoms with E-state index in [1.165, 1.54) is 38.8 Å². The Hall–Kier alpha value is -0.120. The van der Waals surface area contributed by atoms with Crippen molar-refractivity contribution in [2.45, 2.75) is 51.6 Å². The molecule has 0 aliphatic carbocycles. The summed E-state index contributed by atoms with van der Waals surface area (Å²) in [6.45, 7) is 10.3. The number of nitrogens with one attached hydrogen (secondary N) is 1. The minimum atomic E-state index is 0.698. The highest BCUT2D eigenvalue weighted by Gasteiger charge is 2.26. The van der Waals surface area contributed by atoms with Crippen LogP contribution in [0.4, 0.5) is 0 Å². The summed E-state index contributed by atoms with van der Waals surface area (Å²) >= 11 is 0. The third kappa shape index (κ3) is 3.94. The van der Waals surface area contributed by atoms with Crippen molar-refractivity contribution in [1.82, 2.24) is 10.2 Å². The van der Waals surface area contributed by atoms with Gasteiger partial charge in [0, 0.05) is 38.4 Å². The molecule has 0 aromatic rings. The van der Waals surface area contributed by atoms with E-state index in [0.717, 1.165) is 31.7 Å². The van der Waals surface area contributed by atoms with Crippen molar-refractivity contribution in [3.8, 4) is 0 Å². The Kier molecular flexibility index (Phi) is 5.26. The fourth-order valence-corrected chi connectivity index (χ4v) is 3.20. The molecule has 0 spiro atoms. The zero-order valence-electron chi connectivity index (χ0n) is 11.5. The maximum atomic E-state index is 5.38. The van der Waals surface area contributed by atoms with Gasteiger partial charge in [0.15, 0.2) is 0 Å². The normalized spacial score (nSPS) is 28.1. The molecule has 3 nitrogen and oxygen atoms in total. The lowest BCUT2D eigenvalue weighted by Crippen LogP contribution is -2.42. The van der Waals surface area contributed by atoms with Gasteiger partial charge in [-0.3, -0.25) is 4.90 Å². The van der Waals surface area contributed by atoms with Crippen LogP contribution in [0, 0.1) is 5.92 Å². The second kappa shape index (κ2) is 6.72. The molecule has 1 N–H and O–H groups in total. The largest absolute Gasteiger partial charge is 0.381 e. The quantitative estimate of drug-likeness (QED) is 0.794.